The lowest BCUT2D eigenvalue weighted by Gasteiger charge is -2.16. The summed E-state index contributed by atoms with van der Waals surface area (Å²) in [5, 5.41) is 0. The van der Waals surface area contributed by atoms with Crippen LogP contribution in [0.2, 0.25) is 0 Å². The van der Waals surface area contributed by atoms with E-state index in [2.05, 4.69) is 0 Å². The number of carbonyl (C=O) groups excluding carboxylic acids is 1. The van der Waals surface area contributed by atoms with Crippen molar-refractivity contribution in [3.63, 3.8) is 0 Å². The average molecular weight is 231 g/mol. The fourth-order valence-electron chi connectivity index (χ4n) is 1.23. The van der Waals surface area contributed by atoms with E-state index in [0.717, 1.165) is 6.42 Å². The first-order chi connectivity index (χ1) is 6.58. The Kier molecular flexibility index (Phi) is 3.97. The van der Waals surface area contributed by atoms with Crippen molar-refractivity contribution >= 4 is 29.0 Å². The van der Waals surface area contributed by atoms with Crippen LogP contribution in [0, 0.1) is 0 Å². The quantitative estimate of drug-likeness (QED) is 0.568. The molecule has 0 spiro atoms. The Labute approximate surface area is 94.0 Å². The minimum atomic E-state index is -1.28. The first kappa shape index (κ1) is 11.5. The molecule has 1 nitrogen and oxygen atoms in total. The highest BCUT2D eigenvalue weighted by molar-refractivity contribution is 6.59. The van der Waals surface area contributed by atoms with Crippen molar-refractivity contribution in [2.24, 2.45) is 0 Å². The number of hydrogen-bond donors (Lipinski definition) is 0. The molecule has 0 aliphatic rings. The van der Waals surface area contributed by atoms with Gasteiger partial charge in [-0.25, -0.2) is 0 Å². The Hall–Kier alpha value is -0.530. The predicted molar refractivity (Wildman–Crippen MR) is 60.1 cm³/mol. The van der Waals surface area contributed by atoms with Crippen LogP contribution < -0.4 is 0 Å². The minimum absolute atomic E-state index is 0.219. The largest absolute Gasteiger partial charge is 0.291 e. The maximum Gasteiger partial charge on any atom is 0.198 e. The normalized spacial score (nSPS) is 11.4. The van der Waals surface area contributed by atoms with Crippen LogP contribution in [0.5, 0.6) is 0 Å². The monoisotopic (exact) mass is 230 g/mol. The topological polar surface area (TPSA) is 17.1 Å². The Bertz CT molecular complexity index is 306. The molecule has 0 unspecified atom stereocenters. The van der Waals surface area contributed by atoms with Gasteiger partial charge in [0.15, 0.2) is 10.1 Å². The molecule has 0 fully saturated rings. The lowest BCUT2D eigenvalue weighted by atomic mass is 10.1. The molecule has 1 aromatic carbocycles. The third kappa shape index (κ3) is 2.73. The molecule has 0 saturated carbocycles. The van der Waals surface area contributed by atoms with Crippen LogP contribution in [-0.4, -0.2) is 10.1 Å². The third-order valence-corrected chi connectivity index (χ3v) is 2.65. The molecule has 0 bridgehead atoms. The van der Waals surface area contributed by atoms with Crippen LogP contribution in [0.3, 0.4) is 0 Å². The summed E-state index contributed by atoms with van der Waals surface area (Å²) in [4.78, 5) is 11.8. The van der Waals surface area contributed by atoms with E-state index in [0.29, 0.717) is 12.0 Å². The number of Topliss-reactive ketones (excluding diaryl/α,β-unsaturated/α-hetero) is 1. The summed E-state index contributed by atoms with van der Waals surface area (Å²) in [6, 6.07) is 8.88. The molecule has 0 saturated heterocycles. The number of alkyl halides is 2. The van der Waals surface area contributed by atoms with Gasteiger partial charge in [-0.2, -0.15) is 0 Å². The molecule has 1 rings (SSSR count). The lowest BCUT2D eigenvalue weighted by molar-refractivity contribution is 0.0968. The fourth-order valence-corrected chi connectivity index (χ4v) is 1.82. The van der Waals surface area contributed by atoms with Gasteiger partial charge in [-0.05, 0) is 6.42 Å². The van der Waals surface area contributed by atoms with Gasteiger partial charge in [-0.1, -0.05) is 66.9 Å². The van der Waals surface area contributed by atoms with Crippen LogP contribution >= 0.6 is 23.2 Å². The fraction of sp³-hybridized carbons (Fsp3) is 0.364. The molecule has 76 valence electrons. The Morgan fingerprint density at radius 2 is 1.86 bits per heavy atom. The van der Waals surface area contributed by atoms with Crippen molar-refractivity contribution in [1.29, 1.82) is 0 Å². The van der Waals surface area contributed by atoms with Gasteiger partial charge in [0.1, 0.15) is 0 Å². The van der Waals surface area contributed by atoms with E-state index in [1.54, 1.807) is 24.3 Å². The zero-order valence-electron chi connectivity index (χ0n) is 7.97. The maximum absolute atomic E-state index is 11.8. The zero-order chi connectivity index (χ0) is 10.6. The van der Waals surface area contributed by atoms with Gasteiger partial charge in [-0.15, -0.1) is 0 Å². The third-order valence-electron chi connectivity index (χ3n) is 1.93. The van der Waals surface area contributed by atoms with E-state index in [1.165, 1.54) is 0 Å². The second-order valence-corrected chi connectivity index (χ2v) is 4.63. The summed E-state index contributed by atoms with van der Waals surface area (Å²) in [7, 11) is 0. The number of halogens is 2. The van der Waals surface area contributed by atoms with Crippen molar-refractivity contribution in [2.45, 2.75) is 24.1 Å². The van der Waals surface area contributed by atoms with Crippen LogP contribution in [0.15, 0.2) is 30.3 Å². The second-order valence-electron chi connectivity index (χ2n) is 3.15. The second kappa shape index (κ2) is 4.81. The molecule has 14 heavy (non-hydrogen) atoms. The molecule has 0 atom stereocenters. The number of rotatable bonds is 4. The van der Waals surface area contributed by atoms with Crippen LogP contribution in [0.25, 0.3) is 0 Å². The Morgan fingerprint density at radius 1 is 1.29 bits per heavy atom. The smallest absolute Gasteiger partial charge is 0.198 e. The number of benzene rings is 1. The van der Waals surface area contributed by atoms with E-state index in [-0.39, 0.29) is 5.78 Å². The zero-order valence-corrected chi connectivity index (χ0v) is 9.48. The van der Waals surface area contributed by atoms with Gasteiger partial charge in [-0.3, -0.25) is 4.79 Å². The van der Waals surface area contributed by atoms with Gasteiger partial charge in [0.2, 0.25) is 0 Å². The van der Waals surface area contributed by atoms with E-state index in [1.807, 2.05) is 13.0 Å². The van der Waals surface area contributed by atoms with Crippen molar-refractivity contribution in [2.75, 3.05) is 0 Å². The average Bonchev–Trinajstić information content (AvgIpc) is 2.18. The predicted octanol–water partition coefficient (Wildman–Crippen LogP) is 3.84. The van der Waals surface area contributed by atoms with Crippen LogP contribution in [-0.2, 0) is 0 Å². The number of carbonyl (C=O) groups is 1. The van der Waals surface area contributed by atoms with Crippen molar-refractivity contribution < 1.29 is 4.79 Å². The Balaban J connectivity index is 2.85. The maximum atomic E-state index is 11.8. The first-order valence-corrected chi connectivity index (χ1v) is 5.31. The van der Waals surface area contributed by atoms with Crippen molar-refractivity contribution in [3.8, 4) is 0 Å². The minimum Gasteiger partial charge on any atom is -0.291 e. The molecule has 0 aromatic heterocycles. The van der Waals surface area contributed by atoms with Crippen LogP contribution in [0.4, 0.5) is 0 Å². The van der Waals surface area contributed by atoms with E-state index in [4.69, 9.17) is 23.2 Å². The number of ketones is 1. The van der Waals surface area contributed by atoms with Gasteiger partial charge in [0.25, 0.3) is 0 Å². The molecule has 0 aliphatic carbocycles. The molecule has 1 aromatic rings. The molecule has 3 heteroatoms. The molecule has 0 heterocycles. The summed E-state index contributed by atoms with van der Waals surface area (Å²) in [5.74, 6) is -0.219. The van der Waals surface area contributed by atoms with E-state index in [9.17, 15) is 4.79 Å². The van der Waals surface area contributed by atoms with Gasteiger partial charge in [0, 0.05) is 5.56 Å². The highest BCUT2D eigenvalue weighted by Gasteiger charge is 2.32. The summed E-state index contributed by atoms with van der Waals surface area (Å²) in [6.07, 6.45) is 1.26. The standard InChI is InChI=1S/C11H12Cl2O/c1-2-8-11(12,13)10(14)9-6-4-3-5-7-9/h3-7H,2,8H2,1H3. The molecule has 0 aliphatic heterocycles. The van der Waals surface area contributed by atoms with Gasteiger partial charge in [0.05, 0.1) is 0 Å². The van der Waals surface area contributed by atoms with Gasteiger partial charge >= 0.3 is 0 Å². The SMILES string of the molecule is CCCC(Cl)(Cl)C(=O)c1ccccc1. The highest BCUT2D eigenvalue weighted by Crippen LogP contribution is 2.30. The molecule has 0 radical (unpaired) electrons. The first-order valence-electron chi connectivity index (χ1n) is 4.55. The number of hydrogen-bond acceptors (Lipinski definition) is 1. The summed E-state index contributed by atoms with van der Waals surface area (Å²) >= 11 is 11.9. The van der Waals surface area contributed by atoms with E-state index < -0.39 is 4.33 Å². The van der Waals surface area contributed by atoms with Crippen molar-refractivity contribution in [3.05, 3.63) is 35.9 Å². The molecule has 0 amide bonds. The van der Waals surface area contributed by atoms with Crippen molar-refractivity contribution in [1.82, 2.24) is 0 Å². The molecular weight excluding hydrogens is 219 g/mol. The van der Waals surface area contributed by atoms with Crippen LogP contribution in [0.1, 0.15) is 30.1 Å². The van der Waals surface area contributed by atoms with E-state index >= 15 is 0 Å². The Morgan fingerprint density at radius 3 is 2.36 bits per heavy atom. The summed E-state index contributed by atoms with van der Waals surface area (Å²) in [6.45, 7) is 1.94. The summed E-state index contributed by atoms with van der Waals surface area (Å²) in [5.41, 5.74) is 0.561. The lowest BCUT2D eigenvalue weighted by Crippen LogP contribution is -2.25. The summed E-state index contributed by atoms with van der Waals surface area (Å²) < 4.78 is -1.28. The molecule has 0 N–H and O–H groups in total. The molecular formula is C11H12Cl2O. The van der Waals surface area contributed by atoms with Gasteiger partial charge < -0.3 is 0 Å². The highest BCUT2D eigenvalue weighted by atomic mass is 35.5.